The number of fused-ring (bicyclic) bond motifs is 1. The first kappa shape index (κ1) is 29.0. The molecule has 9 nitrogen and oxygen atoms in total. The van der Waals surface area contributed by atoms with E-state index in [1.807, 2.05) is 44.2 Å². The summed E-state index contributed by atoms with van der Waals surface area (Å²) in [5, 5.41) is 11.5. The first-order chi connectivity index (χ1) is 18.6. The van der Waals surface area contributed by atoms with Crippen LogP contribution >= 0.6 is 11.3 Å². The number of hydrogen-bond donors (Lipinski definition) is 1. The van der Waals surface area contributed by atoms with Crippen LogP contribution in [-0.4, -0.2) is 72.7 Å². The zero-order valence-electron chi connectivity index (χ0n) is 22.4. The number of likely N-dealkylation sites (N-methyl/N-ethyl adjacent to an activating group) is 1. The molecule has 1 N–H and O–H groups in total. The number of sulfonamides is 1. The second kappa shape index (κ2) is 12.9. The zero-order chi connectivity index (χ0) is 28.0. The number of hydrogen-bond acceptors (Lipinski definition) is 8. The molecule has 0 saturated carbocycles. The molecule has 0 aliphatic carbocycles. The second-order valence-corrected chi connectivity index (χ2v) is 13.0. The first-order valence-corrected chi connectivity index (χ1v) is 15.2. The smallest absolute Gasteiger partial charge is 0.410 e. The van der Waals surface area contributed by atoms with Crippen LogP contribution in [0.1, 0.15) is 29.9 Å². The Hall–Kier alpha value is -2.99. The summed E-state index contributed by atoms with van der Waals surface area (Å²) in [6, 6.07) is 13.6. The summed E-state index contributed by atoms with van der Waals surface area (Å²) in [7, 11) is -2.36. The Labute approximate surface area is 234 Å². The normalized spacial score (nSPS) is 14.6. The highest BCUT2D eigenvalue weighted by Gasteiger charge is 2.34. The topological polar surface area (TPSA) is 109 Å². The van der Waals surface area contributed by atoms with E-state index in [1.54, 1.807) is 37.0 Å². The van der Waals surface area contributed by atoms with E-state index in [9.17, 15) is 18.3 Å². The Morgan fingerprint density at radius 1 is 1.18 bits per heavy atom. The SMILES string of the molecule is CC(C)CN(C[C@@H](O)[C@H](Cc1ccccc1)N(C)C(=O)OCc1cncs1)S(=O)(=O)c1ccc2c(c1)CCO2. The van der Waals surface area contributed by atoms with Crippen LogP contribution in [0.25, 0.3) is 0 Å². The number of aliphatic hydroxyl groups is 1. The molecule has 1 amide bonds. The van der Waals surface area contributed by atoms with Gasteiger partial charge in [0.2, 0.25) is 10.0 Å². The largest absolute Gasteiger partial charge is 0.493 e. The van der Waals surface area contributed by atoms with Gasteiger partial charge in [0.25, 0.3) is 0 Å². The Bertz CT molecular complexity index is 1330. The van der Waals surface area contributed by atoms with Gasteiger partial charge in [-0.2, -0.15) is 4.31 Å². The predicted octanol–water partition coefficient (Wildman–Crippen LogP) is 3.97. The van der Waals surface area contributed by atoms with E-state index in [1.165, 1.54) is 20.5 Å². The Morgan fingerprint density at radius 3 is 2.64 bits per heavy atom. The predicted molar refractivity (Wildman–Crippen MR) is 149 cm³/mol. The Kier molecular flexibility index (Phi) is 9.60. The summed E-state index contributed by atoms with van der Waals surface area (Å²) >= 11 is 1.38. The van der Waals surface area contributed by atoms with Gasteiger partial charge in [0, 0.05) is 32.8 Å². The molecule has 4 rings (SSSR count). The summed E-state index contributed by atoms with van der Waals surface area (Å²) < 4.78 is 39.9. The van der Waals surface area contributed by atoms with Crippen LogP contribution in [-0.2, 0) is 34.2 Å². The number of carbonyl (C=O) groups excluding carboxylic acids is 1. The molecule has 39 heavy (non-hydrogen) atoms. The molecule has 2 atom stereocenters. The van der Waals surface area contributed by atoms with Gasteiger partial charge in [-0.15, -0.1) is 11.3 Å². The molecule has 2 heterocycles. The van der Waals surface area contributed by atoms with Gasteiger partial charge in [-0.25, -0.2) is 13.2 Å². The van der Waals surface area contributed by atoms with Gasteiger partial charge in [-0.3, -0.25) is 4.98 Å². The molecule has 1 aliphatic rings. The second-order valence-electron chi connectivity index (χ2n) is 10.0. The number of aliphatic hydroxyl groups excluding tert-OH is 1. The van der Waals surface area contributed by atoms with Crippen molar-refractivity contribution in [1.82, 2.24) is 14.2 Å². The summed E-state index contributed by atoms with van der Waals surface area (Å²) in [5.41, 5.74) is 3.42. The van der Waals surface area contributed by atoms with Crippen molar-refractivity contribution in [3.8, 4) is 5.75 Å². The number of thiazole rings is 1. The van der Waals surface area contributed by atoms with E-state index in [4.69, 9.17) is 9.47 Å². The number of aromatic nitrogens is 1. The summed E-state index contributed by atoms with van der Waals surface area (Å²) in [5.74, 6) is 0.713. The van der Waals surface area contributed by atoms with Crippen molar-refractivity contribution < 1.29 is 27.8 Å². The fourth-order valence-corrected chi connectivity index (χ4v) is 6.73. The van der Waals surface area contributed by atoms with Gasteiger partial charge >= 0.3 is 6.09 Å². The van der Waals surface area contributed by atoms with Crippen molar-refractivity contribution in [1.29, 1.82) is 0 Å². The van der Waals surface area contributed by atoms with Crippen LogP contribution in [0.5, 0.6) is 5.75 Å². The summed E-state index contributed by atoms with van der Waals surface area (Å²) in [6.07, 6.45) is 0.810. The fraction of sp³-hybridized carbons (Fsp3) is 0.429. The molecule has 3 aromatic rings. The molecular formula is C28H35N3O6S2. The summed E-state index contributed by atoms with van der Waals surface area (Å²) in [4.78, 5) is 19.3. The quantitative estimate of drug-likeness (QED) is 0.349. The van der Waals surface area contributed by atoms with E-state index in [0.29, 0.717) is 25.2 Å². The highest BCUT2D eigenvalue weighted by molar-refractivity contribution is 7.89. The molecule has 0 saturated heterocycles. The maximum absolute atomic E-state index is 13.8. The third kappa shape index (κ3) is 7.36. The lowest BCUT2D eigenvalue weighted by Gasteiger charge is -2.34. The molecule has 0 spiro atoms. The van der Waals surface area contributed by atoms with Crippen LogP contribution in [0, 0.1) is 5.92 Å². The molecule has 11 heteroatoms. The van der Waals surface area contributed by atoms with E-state index in [2.05, 4.69) is 4.98 Å². The van der Waals surface area contributed by atoms with Crippen molar-refractivity contribution in [2.75, 3.05) is 26.7 Å². The van der Waals surface area contributed by atoms with Crippen LogP contribution in [0.4, 0.5) is 4.79 Å². The number of ether oxygens (including phenoxy) is 2. The molecule has 210 valence electrons. The number of carbonyl (C=O) groups is 1. The average molecular weight is 574 g/mol. The molecule has 1 aromatic heterocycles. The minimum atomic E-state index is -3.93. The monoisotopic (exact) mass is 573 g/mol. The van der Waals surface area contributed by atoms with E-state index < -0.39 is 28.3 Å². The lowest BCUT2D eigenvalue weighted by atomic mass is 10.00. The molecule has 0 fully saturated rings. The third-order valence-corrected chi connectivity index (χ3v) is 9.18. The van der Waals surface area contributed by atoms with E-state index in [0.717, 1.165) is 16.0 Å². The summed E-state index contributed by atoms with van der Waals surface area (Å²) in [6.45, 7) is 4.48. The van der Waals surface area contributed by atoms with E-state index >= 15 is 0 Å². The molecule has 0 radical (unpaired) electrons. The Morgan fingerprint density at radius 2 is 1.95 bits per heavy atom. The van der Waals surface area contributed by atoms with Gasteiger partial charge in [0.1, 0.15) is 12.4 Å². The number of rotatable bonds is 12. The van der Waals surface area contributed by atoms with Gasteiger partial charge in [0.05, 0.1) is 34.0 Å². The number of benzene rings is 2. The zero-order valence-corrected chi connectivity index (χ0v) is 24.0. The van der Waals surface area contributed by atoms with Crippen molar-refractivity contribution in [3.63, 3.8) is 0 Å². The highest BCUT2D eigenvalue weighted by Crippen LogP contribution is 2.29. The van der Waals surface area contributed by atoms with Crippen molar-refractivity contribution >= 4 is 27.5 Å². The minimum absolute atomic E-state index is 0.0133. The van der Waals surface area contributed by atoms with Crippen molar-refractivity contribution in [3.05, 3.63) is 76.2 Å². The standard InChI is InChI=1S/C28H35N3O6S2/c1-20(2)16-31(39(34,35)24-9-10-27-22(14-24)11-12-36-27)17-26(32)25(13-21-7-5-4-6-8-21)30(3)28(33)37-18-23-15-29-19-38-23/h4-10,14-15,19-20,25-26,32H,11-13,16-18H2,1-3H3/t25-,26+/m0/s1. The average Bonchev–Trinajstić information content (AvgIpc) is 3.61. The number of amides is 1. The minimum Gasteiger partial charge on any atom is -0.493 e. The van der Waals surface area contributed by atoms with Crippen LogP contribution in [0.2, 0.25) is 0 Å². The van der Waals surface area contributed by atoms with E-state index in [-0.39, 0.29) is 30.5 Å². The number of nitrogens with zero attached hydrogens (tertiary/aromatic N) is 3. The first-order valence-electron chi connectivity index (χ1n) is 12.9. The van der Waals surface area contributed by atoms with Gasteiger partial charge < -0.3 is 19.5 Å². The van der Waals surface area contributed by atoms with Crippen LogP contribution in [0.3, 0.4) is 0 Å². The molecule has 0 bridgehead atoms. The lowest BCUT2D eigenvalue weighted by Crippen LogP contribution is -2.51. The molecular weight excluding hydrogens is 538 g/mol. The highest BCUT2D eigenvalue weighted by atomic mass is 32.2. The van der Waals surface area contributed by atoms with Crippen LogP contribution in [0.15, 0.2) is 65.1 Å². The van der Waals surface area contributed by atoms with Crippen molar-refractivity contribution in [2.24, 2.45) is 5.92 Å². The van der Waals surface area contributed by atoms with Gasteiger partial charge in [-0.05, 0) is 41.7 Å². The maximum Gasteiger partial charge on any atom is 0.410 e. The molecule has 2 aromatic carbocycles. The Balaban J connectivity index is 1.57. The fourth-order valence-electron chi connectivity index (χ4n) is 4.55. The van der Waals surface area contributed by atoms with Gasteiger partial charge in [0.15, 0.2) is 0 Å². The molecule has 1 aliphatic heterocycles. The van der Waals surface area contributed by atoms with Crippen LogP contribution < -0.4 is 4.74 Å². The lowest BCUT2D eigenvalue weighted by molar-refractivity contribution is 0.0335. The van der Waals surface area contributed by atoms with Gasteiger partial charge in [-0.1, -0.05) is 44.2 Å². The maximum atomic E-state index is 13.8. The molecule has 0 unspecified atom stereocenters. The van der Waals surface area contributed by atoms with Crippen molar-refractivity contribution in [2.45, 2.75) is 50.3 Å². The third-order valence-electron chi connectivity index (χ3n) is 6.60.